The summed E-state index contributed by atoms with van der Waals surface area (Å²) in [5, 5.41) is 67.2. The van der Waals surface area contributed by atoms with Gasteiger partial charge in [0.15, 0.2) is 5.78 Å². The number of cyclic esters (lactones) is 1. The number of carboxylic acids is 3. The second-order valence-corrected chi connectivity index (χ2v) is 27.4. The number of anilines is 1. The predicted octanol–water partition coefficient (Wildman–Crippen LogP) is -5.45. The number of ether oxygens (including phenoxy) is 1. The number of ketones is 1. The number of H-pyrrole nitrogens is 1. The number of aliphatic hydroxyl groups excluding tert-OH is 1. The van der Waals surface area contributed by atoms with Gasteiger partial charge in [-0.1, -0.05) is 82.7 Å². The predicted molar refractivity (Wildman–Crippen MR) is 396 cm³/mol. The number of unbranched alkanes of at least 4 members (excludes halogenated alkanes) is 6. The molecule has 622 valence electrons. The van der Waals surface area contributed by atoms with Gasteiger partial charge in [0.1, 0.15) is 72.6 Å². The van der Waals surface area contributed by atoms with Crippen molar-refractivity contribution in [1.82, 2.24) is 73.7 Å². The zero-order valence-corrected chi connectivity index (χ0v) is 63.1. The number of aromatic amines is 1. The Morgan fingerprint density at radius 3 is 1.82 bits per heavy atom. The molecule has 0 saturated carbocycles. The fourth-order valence-corrected chi connectivity index (χ4v) is 12.3. The number of aliphatic carboxylic acids is 3. The molecule has 2 bridgehead atoms. The van der Waals surface area contributed by atoms with Crippen molar-refractivity contribution in [1.29, 1.82) is 0 Å². The van der Waals surface area contributed by atoms with Crippen LogP contribution < -0.4 is 81.0 Å². The normalized spacial score (nSPS) is 21.8. The minimum absolute atomic E-state index is 0.0105. The van der Waals surface area contributed by atoms with Gasteiger partial charge in [-0.2, -0.15) is 0 Å². The third-order valence-electron chi connectivity index (χ3n) is 18.4. The average Bonchev–Trinajstić information content (AvgIpc) is 1.65. The smallest absolute Gasteiger partial charge is 0.329 e. The largest absolute Gasteiger partial charge is 0.481 e. The van der Waals surface area contributed by atoms with E-state index in [-0.39, 0.29) is 43.5 Å². The van der Waals surface area contributed by atoms with Crippen molar-refractivity contribution < 1.29 is 121 Å². The van der Waals surface area contributed by atoms with Gasteiger partial charge in [0.2, 0.25) is 82.7 Å². The van der Waals surface area contributed by atoms with Crippen LogP contribution in [-0.2, 0) is 102 Å². The van der Waals surface area contributed by atoms with Crippen LogP contribution >= 0.6 is 0 Å². The van der Waals surface area contributed by atoms with Gasteiger partial charge in [0, 0.05) is 47.6 Å². The van der Waals surface area contributed by atoms with Crippen LogP contribution in [0.4, 0.5) is 5.69 Å². The zero-order chi connectivity index (χ0) is 84.6. The molecule has 5 rings (SSSR count). The number of nitrogen functional groups attached to an aromatic ring is 1. The minimum Gasteiger partial charge on any atom is -0.481 e. The van der Waals surface area contributed by atoms with Gasteiger partial charge in [-0.15, -0.1) is 0 Å². The molecule has 42 heteroatoms. The number of benzene rings is 2. The summed E-state index contributed by atoms with van der Waals surface area (Å²) < 4.78 is 5.69. The van der Waals surface area contributed by atoms with E-state index in [0.717, 1.165) is 52.9 Å². The lowest BCUT2D eigenvalue weighted by molar-refractivity contribution is -0.156. The average molecular weight is 1600 g/mol. The Labute approximate surface area is 651 Å². The topological polar surface area (TPSA) is 673 Å². The molecule has 13 atom stereocenters. The maximum Gasteiger partial charge on any atom is 0.329 e. The molecule has 0 aliphatic carbocycles. The minimum atomic E-state index is -2.42. The number of esters is 1. The molecule has 2 saturated heterocycles. The SMILES string of the molecule is CCCCCCCCCC(=O)N[C@@H](Cc1c[nH]c2ccccc12)C(=O)N[C@@H](CC(N)=O)C(=O)N[C@@H](CC(=O)O)C(=O)NC1C(=O)NCC(=O)N[C@H](CCCN)C(=O)NC2CC(=O)N(C2=O)[C@H](C)C(=O)N[C@@H](CC(=O)O)C(=O)NCC(=O)N[C@@H](CO)C(=O)N[C@@H]([C@@H](C)CC(=O)O)C(=O)N[C@@H](CC(=O)c2ccccc2N)C(=O)OC1C. The van der Waals surface area contributed by atoms with Crippen LogP contribution in [0.15, 0.2) is 54.7 Å². The second kappa shape index (κ2) is 45.1. The molecule has 2 aliphatic rings. The summed E-state index contributed by atoms with van der Waals surface area (Å²) in [4.78, 5) is 278. The van der Waals surface area contributed by atoms with Crippen LogP contribution in [0.25, 0.3) is 10.9 Å². The first-order chi connectivity index (χ1) is 54.0. The summed E-state index contributed by atoms with van der Waals surface area (Å²) in [7, 11) is 0. The molecule has 2 fully saturated rings. The molecule has 23 N–H and O–H groups in total. The number of Topliss-reactive ketones (excluding diaryl/α,β-unsaturated/α-hetero) is 1. The number of rotatable bonds is 33. The van der Waals surface area contributed by atoms with Gasteiger partial charge in [0.25, 0.3) is 5.91 Å². The number of primary amides is 1. The first-order valence-electron chi connectivity index (χ1n) is 36.8. The molecule has 3 unspecified atom stereocenters. The van der Waals surface area contributed by atoms with E-state index in [9.17, 15) is 116 Å². The van der Waals surface area contributed by atoms with E-state index in [1.54, 1.807) is 30.5 Å². The third-order valence-corrected chi connectivity index (χ3v) is 18.4. The number of aliphatic hydroxyl groups is 1. The maximum absolute atomic E-state index is 14.8. The molecular formula is C72H99N17O25. The number of aromatic nitrogens is 1. The number of hydrogen-bond donors (Lipinski definition) is 20. The lowest BCUT2D eigenvalue weighted by Crippen LogP contribution is -2.62. The van der Waals surface area contributed by atoms with E-state index in [1.807, 2.05) is 10.6 Å². The van der Waals surface area contributed by atoms with Crippen molar-refractivity contribution in [2.45, 2.75) is 209 Å². The van der Waals surface area contributed by atoms with Crippen LogP contribution in [-0.4, -0.2) is 247 Å². The van der Waals surface area contributed by atoms with Gasteiger partial charge >= 0.3 is 23.9 Å². The van der Waals surface area contributed by atoms with Crippen LogP contribution in [0.3, 0.4) is 0 Å². The standard InChI is InChI=1S/C72H99N17O25/c1-5-6-7-8-9-10-11-22-53(93)80-44(25-38-31-76-42-20-15-13-17-39(38)42)65(106)83-45(27-52(75)92)66(107)84-47(30-59(101)102)67(108)88-61-37(4)114-72(113)49(26-51(91)40-18-12-14-19-41(40)74)86-70(111)60(35(2)24-57(97)98)87-68(109)50(34-90)81-55(95)32-77-63(104)46(29-58(99)100)82-62(103)36(3)89-56(96)28-48(71(89)112)85-64(105)43(21-16-23-73)79-54(94)33-78-69(61)110/h12-15,17-20,31,35-37,43-50,60-61,76,90H,5-11,16,21-30,32-34,73-74H2,1-4H3,(H2,75,92)(H,77,104)(H,78,110)(H,79,94)(H,80,93)(H,81,95)(H,82,103)(H,83,106)(H,84,107)(H,85,105)(H,86,111)(H,87,109)(H,88,108)(H,97,98)(H,99,100)(H,101,102)/t35-,36+,37?,43+,44-,45-,46-,47-,48?,49-,50-,60-,61?/m0/s1. The maximum atomic E-state index is 14.8. The number of hydrogen-bond acceptors (Lipinski definition) is 24. The number of carboxylic acid groups (broad SMARTS) is 3. The molecular weight excluding hydrogens is 1500 g/mol. The molecule has 0 spiro atoms. The Hall–Kier alpha value is -12.5. The Morgan fingerprint density at radius 1 is 0.605 bits per heavy atom. The number of imide groups is 1. The lowest BCUT2D eigenvalue weighted by Gasteiger charge is -2.30. The first-order valence-corrected chi connectivity index (χ1v) is 36.8. The summed E-state index contributed by atoms with van der Waals surface area (Å²) in [6, 6.07) is -9.96. The number of carbonyl (C=O) groups is 20. The molecule has 3 heterocycles. The highest BCUT2D eigenvalue weighted by molar-refractivity contribution is 6.11. The first kappa shape index (κ1) is 92.1. The number of para-hydroxylation sites is 2. The van der Waals surface area contributed by atoms with Gasteiger partial charge in [-0.05, 0) is 69.3 Å². The van der Waals surface area contributed by atoms with Crippen LogP contribution in [0.2, 0.25) is 0 Å². The van der Waals surface area contributed by atoms with Crippen molar-refractivity contribution in [3.63, 3.8) is 0 Å². The lowest BCUT2D eigenvalue weighted by atomic mass is 9.96. The van der Waals surface area contributed by atoms with Crippen molar-refractivity contribution in [3.8, 4) is 0 Å². The van der Waals surface area contributed by atoms with E-state index in [2.05, 4.69) is 65.1 Å². The molecule has 2 aromatic carbocycles. The summed E-state index contributed by atoms with van der Waals surface area (Å²) >= 11 is 0. The Balaban J connectivity index is 1.58. The summed E-state index contributed by atoms with van der Waals surface area (Å²) in [6.07, 6.45) is -1.63. The third kappa shape index (κ3) is 28.7. The highest BCUT2D eigenvalue weighted by Gasteiger charge is 2.46. The van der Waals surface area contributed by atoms with E-state index in [4.69, 9.17) is 21.9 Å². The molecule has 114 heavy (non-hydrogen) atoms. The number of fused-ring (bicyclic) bond motifs is 3. The Kier molecular flexibility index (Phi) is 36.5. The molecule has 15 amide bonds. The van der Waals surface area contributed by atoms with Crippen molar-refractivity contribution >= 4 is 135 Å². The van der Waals surface area contributed by atoms with Gasteiger partial charge in [-0.3, -0.25) is 96.0 Å². The molecule has 3 aromatic rings. The summed E-state index contributed by atoms with van der Waals surface area (Å²) in [6.45, 7) is 1.29. The summed E-state index contributed by atoms with van der Waals surface area (Å²) in [5.74, 6) is -28.5. The molecule has 0 radical (unpaired) electrons. The Morgan fingerprint density at radius 2 is 1.19 bits per heavy atom. The zero-order valence-electron chi connectivity index (χ0n) is 63.1. The van der Waals surface area contributed by atoms with Gasteiger partial charge < -0.3 is 111 Å². The fourth-order valence-electron chi connectivity index (χ4n) is 12.3. The van der Waals surface area contributed by atoms with E-state index in [0.29, 0.717) is 34.2 Å². The number of amides is 15. The number of nitrogens with zero attached hydrogens (tertiary/aromatic N) is 1. The quantitative estimate of drug-likeness (QED) is 0.00889. The van der Waals surface area contributed by atoms with Crippen molar-refractivity contribution in [3.05, 3.63) is 65.9 Å². The van der Waals surface area contributed by atoms with Gasteiger partial charge in [-0.25, -0.2) is 4.79 Å². The molecule has 1 aromatic heterocycles. The van der Waals surface area contributed by atoms with E-state index in [1.165, 1.54) is 24.3 Å². The highest BCUT2D eigenvalue weighted by atomic mass is 16.5. The van der Waals surface area contributed by atoms with E-state index >= 15 is 0 Å². The van der Waals surface area contributed by atoms with Gasteiger partial charge in [0.05, 0.1) is 51.8 Å². The number of carbonyl (C=O) groups excluding carboxylic acids is 17. The monoisotopic (exact) mass is 1600 g/mol. The number of nitrogens with two attached hydrogens (primary N) is 3. The van der Waals surface area contributed by atoms with Crippen molar-refractivity contribution in [2.75, 3.05) is 32.0 Å². The summed E-state index contributed by atoms with van der Waals surface area (Å²) in [5.41, 5.74) is 18.1. The molecule has 2 aliphatic heterocycles. The molecule has 42 nitrogen and oxygen atoms in total. The number of nitrogens with one attached hydrogen (secondary N) is 13. The van der Waals surface area contributed by atoms with Crippen molar-refractivity contribution in [2.24, 2.45) is 17.4 Å². The van der Waals surface area contributed by atoms with E-state index < -0.39 is 255 Å². The van der Waals surface area contributed by atoms with Crippen LogP contribution in [0.1, 0.15) is 146 Å². The Bertz CT molecular complexity index is 4080. The van der Waals surface area contributed by atoms with Crippen LogP contribution in [0, 0.1) is 5.92 Å². The second-order valence-electron chi connectivity index (χ2n) is 27.4. The van der Waals surface area contributed by atoms with Crippen LogP contribution in [0.5, 0.6) is 0 Å². The highest BCUT2D eigenvalue weighted by Crippen LogP contribution is 2.23. The fraction of sp³-hybridized carbons (Fsp3) is 0.528.